The first kappa shape index (κ1) is 16.2. The fraction of sp³-hybridized carbons (Fsp3) is 0.529. The van der Waals surface area contributed by atoms with Crippen molar-refractivity contribution in [2.24, 2.45) is 0 Å². The summed E-state index contributed by atoms with van der Waals surface area (Å²) in [5.41, 5.74) is 1.37. The molecule has 1 fully saturated rings. The number of nitrogens with zero attached hydrogens (tertiary/aromatic N) is 4. The van der Waals surface area contributed by atoms with Gasteiger partial charge in [0.2, 0.25) is 5.91 Å². The highest BCUT2D eigenvalue weighted by atomic mass is 32.1. The third kappa shape index (κ3) is 4.00. The molecule has 0 N–H and O–H groups in total. The van der Waals surface area contributed by atoms with Crippen molar-refractivity contribution in [1.29, 1.82) is 0 Å². The molecule has 3 heterocycles. The normalized spacial score (nSPS) is 16.2. The average Bonchev–Trinajstić information content (AvgIpc) is 3.19. The van der Waals surface area contributed by atoms with Crippen molar-refractivity contribution in [3.63, 3.8) is 0 Å². The molecule has 0 saturated carbocycles. The van der Waals surface area contributed by atoms with E-state index in [4.69, 9.17) is 0 Å². The number of piperazine rings is 1. The van der Waals surface area contributed by atoms with Crippen molar-refractivity contribution in [2.45, 2.75) is 32.9 Å². The van der Waals surface area contributed by atoms with Crippen LogP contribution in [-0.2, 0) is 17.9 Å². The number of aromatic nitrogens is 2. The second-order valence-corrected chi connectivity index (χ2v) is 7.14. The van der Waals surface area contributed by atoms with E-state index in [1.54, 1.807) is 17.5 Å². The van der Waals surface area contributed by atoms with Gasteiger partial charge in [0.15, 0.2) is 0 Å². The Labute approximate surface area is 141 Å². The summed E-state index contributed by atoms with van der Waals surface area (Å²) in [7, 11) is 0. The summed E-state index contributed by atoms with van der Waals surface area (Å²) >= 11 is 1.74. The Morgan fingerprint density at radius 1 is 1.30 bits per heavy atom. The lowest BCUT2D eigenvalue weighted by atomic mass is 10.2. The molecular weight excluding hydrogens is 308 g/mol. The first-order valence-corrected chi connectivity index (χ1v) is 9.10. The van der Waals surface area contributed by atoms with Gasteiger partial charge in [-0.05, 0) is 22.4 Å². The molecule has 5 nitrogen and oxygen atoms in total. The predicted octanol–water partition coefficient (Wildman–Crippen LogP) is 2.41. The van der Waals surface area contributed by atoms with Crippen LogP contribution < -0.4 is 0 Å². The second kappa shape index (κ2) is 7.27. The number of imidazole rings is 1. The van der Waals surface area contributed by atoms with Crippen molar-refractivity contribution < 1.29 is 4.79 Å². The SMILES string of the molecule is CC(C)c1nccn1CC(=O)N1CCN(Cc2ccsc2)CC1. The number of hydrogen-bond acceptors (Lipinski definition) is 4. The molecule has 3 rings (SSSR count). The minimum Gasteiger partial charge on any atom is -0.339 e. The Bertz CT molecular complexity index is 627. The molecule has 0 aromatic carbocycles. The molecule has 0 atom stereocenters. The third-order valence-corrected chi connectivity index (χ3v) is 5.01. The van der Waals surface area contributed by atoms with E-state index >= 15 is 0 Å². The number of thiophene rings is 1. The van der Waals surface area contributed by atoms with Crippen LogP contribution in [0, 0.1) is 0 Å². The zero-order valence-corrected chi connectivity index (χ0v) is 14.6. The van der Waals surface area contributed by atoms with Gasteiger partial charge in [0, 0.05) is 51.0 Å². The van der Waals surface area contributed by atoms with E-state index in [2.05, 4.69) is 40.6 Å². The van der Waals surface area contributed by atoms with Crippen LogP contribution >= 0.6 is 11.3 Å². The van der Waals surface area contributed by atoms with E-state index in [9.17, 15) is 4.79 Å². The van der Waals surface area contributed by atoms with Gasteiger partial charge in [-0.2, -0.15) is 11.3 Å². The fourth-order valence-electron chi connectivity index (χ4n) is 3.00. The van der Waals surface area contributed by atoms with Gasteiger partial charge in [-0.15, -0.1) is 0 Å². The van der Waals surface area contributed by atoms with Gasteiger partial charge in [-0.3, -0.25) is 9.69 Å². The van der Waals surface area contributed by atoms with Crippen molar-refractivity contribution >= 4 is 17.2 Å². The zero-order valence-electron chi connectivity index (χ0n) is 13.8. The first-order valence-electron chi connectivity index (χ1n) is 8.15. The Morgan fingerprint density at radius 2 is 2.09 bits per heavy atom. The van der Waals surface area contributed by atoms with Gasteiger partial charge in [0.1, 0.15) is 12.4 Å². The molecule has 1 saturated heterocycles. The monoisotopic (exact) mass is 332 g/mol. The highest BCUT2D eigenvalue weighted by molar-refractivity contribution is 7.07. The smallest absolute Gasteiger partial charge is 0.242 e. The average molecular weight is 332 g/mol. The summed E-state index contributed by atoms with van der Waals surface area (Å²) in [6, 6.07) is 2.18. The summed E-state index contributed by atoms with van der Waals surface area (Å²) in [5, 5.41) is 4.32. The molecule has 1 aliphatic heterocycles. The Balaban J connectivity index is 1.51. The number of carbonyl (C=O) groups is 1. The highest BCUT2D eigenvalue weighted by Crippen LogP contribution is 2.14. The number of amides is 1. The summed E-state index contributed by atoms with van der Waals surface area (Å²) in [5.74, 6) is 1.51. The Kier molecular flexibility index (Phi) is 5.13. The van der Waals surface area contributed by atoms with E-state index < -0.39 is 0 Å². The Morgan fingerprint density at radius 3 is 2.74 bits per heavy atom. The van der Waals surface area contributed by atoms with Crippen molar-refractivity contribution in [2.75, 3.05) is 26.2 Å². The van der Waals surface area contributed by atoms with Gasteiger partial charge in [-0.1, -0.05) is 13.8 Å². The van der Waals surface area contributed by atoms with Gasteiger partial charge in [-0.25, -0.2) is 4.98 Å². The molecule has 0 spiro atoms. The van der Waals surface area contributed by atoms with Gasteiger partial charge in [0.05, 0.1) is 0 Å². The number of carbonyl (C=O) groups excluding carboxylic acids is 1. The lowest BCUT2D eigenvalue weighted by molar-refractivity contribution is -0.133. The van der Waals surface area contributed by atoms with Crippen LogP contribution in [0.4, 0.5) is 0 Å². The van der Waals surface area contributed by atoms with Crippen LogP contribution in [0.2, 0.25) is 0 Å². The quantitative estimate of drug-likeness (QED) is 0.844. The molecule has 1 aliphatic rings. The molecule has 0 aliphatic carbocycles. The Hall–Kier alpha value is -1.66. The topological polar surface area (TPSA) is 41.4 Å². The number of hydrogen-bond donors (Lipinski definition) is 0. The molecule has 124 valence electrons. The van der Waals surface area contributed by atoms with Crippen molar-refractivity contribution in [3.8, 4) is 0 Å². The summed E-state index contributed by atoms with van der Waals surface area (Å²) in [6.07, 6.45) is 3.68. The fourth-order valence-corrected chi connectivity index (χ4v) is 3.66. The van der Waals surface area contributed by atoms with E-state index in [0.717, 1.165) is 38.5 Å². The largest absolute Gasteiger partial charge is 0.339 e. The predicted molar refractivity (Wildman–Crippen MR) is 92.5 cm³/mol. The molecule has 0 bridgehead atoms. The summed E-state index contributed by atoms with van der Waals surface area (Å²) in [4.78, 5) is 21.3. The minimum absolute atomic E-state index is 0.195. The standard InChI is InChI=1S/C17H24N4OS/c1-14(2)17-18-4-5-21(17)12-16(22)20-8-6-19(7-9-20)11-15-3-10-23-13-15/h3-5,10,13-14H,6-9,11-12H2,1-2H3. The minimum atomic E-state index is 0.195. The van der Waals surface area contributed by atoms with E-state index in [1.807, 2.05) is 15.7 Å². The number of rotatable bonds is 5. The molecular formula is C17H24N4OS. The second-order valence-electron chi connectivity index (χ2n) is 6.36. The van der Waals surface area contributed by atoms with Crippen LogP contribution in [0.1, 0.15) is 31.2 Å². The van der Waals surface area contributed by atoms with Crippen LogP contribution in [0.5, 0.6) is 0 Å². The highest BCUT2D eigenvalue weighted by Gasteiger charge is 2.22. The molecule has 6 heteroatoms. The zero-order chi connectivity index (χ0) is 16.2. The van der Waals surface area contributed by atoms with Crippen molar-refractivity contribution in [3.05, 3.63) is 40.6 Å². The summed E-state index contributed by atoms with van der Waals surface area (Å²) < 4.78 is 1.98. The maximum atomic E-state index is 12.5. The van der Waals surface area contributed by atoms with Gasteiger partial charge >= 0.3 is 0 Å². The van der Waals surface area contributed by atoms with Gasteiger partial charge < -0.3 is 9.47 Å². The first-order chi connectivity index (χ1) is 11.1. The van der Waals surface area contributed by atoms with E-state index in [1.165, 1.54) is 5.56 Å². The van der Waals surface area contributed by atoms with E-state index in [0.29, 0.717) is 12.5 Å². The molecule has 2 aromatic heterocycles. The third-order valence-electron chi connectivity index (χ3n) is 4.28. The lowest BCUT2D eigenvalue weighted by Gasteiger charge is -2.34. The molecule has 23 heavy (non-hydrogen) atoms. The van der Waals surface area contributed by atoms with E-state index in [-0.39, 0.29) is 5.91 Å². The van der Waals surface area contributed by atoms with Gasteiger partial charge in [0.25, 0.3) is 0 Å². The van der Waals surface area contributed by atoms with Crippen LogP contribution in [0.3, 0.4) is 0 Å². The lowest BCUT2D eigenvalue weighted by Crippen LogP contribution is -2.49. The maximum absolute atomic E-state index is 12.5. The summed E-state index contributed by atoms with van der Waals surface area (Å²) in [6.45, 7) is 9.12. The molecule has 1 amide bonds. The maximum Gasteiger partial charge on any atom is 0.242 e. The van der Waals surface area contributed by atoms with Crippen LogP contribution in [0.15, 0.2) is 29.2 Å². The van der Waals surface area contributed by atoms with Crippen LogP contribution in [-0.4, -0.2) is 51.4 Å². The van der Waals surface area contributed by atoms with Crippen LogP contribution in [0.25, 0.3) is 0 Å². The molecule has 0 radical (unpaired) electrons. The van der Waals surface area contributed by atoms with Crippen molar-refractivity contribution in [1.82, 2.24) is 19.4 Å². The molecule has 2 aromatic rings. The molecule has 0 unspecified atom stereocenters.